The van der Waals surface area contributed by atoms with Crippen LogP contribution in [0, 0.1) is 0 Å². The molecule has 0 aliphatic carbocycles. The Hall–Kier alpha value is -2.34. The average molecular weight is 246 g/mol. The van der Waals surface area contributed by atoms with Gasteiger partial charge in [-0.1, -0.05) is 12.1 Å². The summed E-state index contributed by atoms with van der Waals surface area (Å²) in [4.78, 5) is 7.66. The number of anilines is 2. The van der Waals surface area contributed by atoms with Gasteiger partial charge in [-0.2, -0.15) is 9.97 Å². The monoisotopic (exact) mass is 246 g/mol. The maximum Gasteiger partial charge on any atom is 0.226 e. The van der Waals surface area contributed by atoms with Crippen molar-refractivity contribution in [1.82, 2.24) is 9.97 Å². The molecule has 0 atom stereocenters. The number of aromatic nitrogens is 2. The molecule has 94 valence electrons. The van der Waals surface area contributed by atoms with Crippen LogP contribution in [-0.4, -0.2) is 21.7 Å². The summed E-state index contributed by atoms with van der Waals surface area (Å²) in [5.74, 6) is 1.25. The summed E-state index contributed by atoms with van der Waals surface area (Å²) in [7, 11) is 0. The van der Waals surface area contributed by atoms with Crippen molar-refractivity contribution in [2.75, 3.05) is 18.1 Å². The molecule has 1 aromatic carbocycles. The summed E-state index contributed by atoms with van der Waals surface area (Å²) < 4.78 is 5.50. The van der Waals surface area contributed by atoms with Crippen molar-refractivity contribution in [3.63, 3.8) is 0 Å². The maximum atomic E-state index is 8.81. The Bertz CT molecular complexity index is 508. The molecule has 0 bridgehead atoms. The zero-order chi connectivity index (χ0) is 13.0. The highest BCUT2D eigenvalue weighted by atomic mass is 16.5. The lowest BCUT2D eigenvalue weighted by Gasteiger charge is -2.06. The molecule has 6 nitrogen and oxygen atoms in total. The van der Waals surface area contributed by atoms with Crippen molar-refractivity contribution in [2.24, 2.45) is 0 Å². The summed E-state index contributed by atoms with van der Waals surface area (Å²) in [5.41, 5.74) is 12.0. The Kier molecular flexibility index (Phi) is 3.59. The van der Waals surface area contributed by atoms with Crippen LogP contribution < -0.4 is 16.2 Å². The van der Waals surface area contributed by atoms with Crippen LogP contribution in [0.5, 0.6) is 11.6 Å². The molecule has 2 rings (SSSR count). The van der Waals surface area contributed by atoms with E-state index in [0.29, 0.717) is 18.1 Å². The summed E-state index contributed by atoms with van der Waals surface area (Å²) in [6.07, 6.45) is 0.619. The van der Waals surface area contributed by atoms with Gasteiger partial charge in [0.25, 0.3) is 0 Å². The number of benzene rings is 1. The molecule has 1 heterocycles. The van der Waals surface area contributed by atoms with Gasteiger partial charge < -0.3 is 21.3 Å². The second kappa shape index (κ2) is 5.33. The molecule has 18 heavy (non-hydrogen) atoms. The number of nitrogen functional groups attached to an aromatic ring is 2. The van der Waals surface area contributed by atoms with E-state index in [2.05, 4.69) is 9.97 Å². The van der Waals surface area contributed by atoms with E-state index in [-0.39, 0.29) is 18.4 Å². The molecule has 0 fully saturated rings. The van der Waals surface area contributed by atoms with Gasteiger partial charge in [-0.15, -0.1) is 0 Å². The molecule has 0 amide bonds. The number of aliphatic hydroxyl groups excluding tert-OH is 1. The van der Waals surface area contributed by atoms with E-state index in [4.69, 9.17) is 21.3 Å². The molecule has 0 unspecified atom stereocenters. The molecule has 0 saturated carbocycles. The Morgan fingerprint density at radius 1 is 1.11 bits per heavy atom. The molecule has 0 saturated heterocycles. The number of nitrogens with zero attached hydrogens (tertiary/aromatic N) is 2. The first-order valence-electron chi connectivity index (χ1n) is 5.45. The van der Waals surface area contributed by atoms with Crippen LogP contribution >= 0.6 is 0 Å². The Balaban J connectivity index is 2.13. The van der Waals surface area contributed by atoms with Crippen molar-refractivity contribution in [3.05, 3.63) is 35.9 Å². The van der Waals surface area contributed by atoms with E-state index in [9.17, 15) is 0 Å². The molecule has 0 spiro atoms. The van der Waals surface area contributed by atoms with Crippen molar-refractivity contribution in [2.45, 2.75) is 6.42 Å². The predicted molar refractivity (Wildman–Crippen MR) is 68.2 cm³/mol. The number of rotatable bonds is 4. The molecule has 0 aliphatic heterocycles. The molecule has 6 heteroatoms. The minimum absolute atomic E-state index is 0.0712. The minimum Gasteiger partial charge on any atom is -0.439 e. The van der Waals surface area contributed by atoms with E-state index in [1.54, 1.807) is 12.1 Å². The molecule has 1 aromatic heterocycles. The standard InChI is InChI=1S/C12H14N4O2/c13-10-7-11(16-12(14)15-10)18-9-3-1-8(2-4-9)5-6-17/h1-4,7,17H,5-6H2,(H4,13,14,15,16). The summed E-state index contributed by atoms with van der Waals surface area (Å²) in [5, 5.41) is 8.81. The van der Waals surface area contributed by atoms with Crippen LogP contribution in [0.2, 0.25) is 0 Å². The first-order valence-corrected chi connectivity index (χ1v) is 5.45. The summed E-state index contributed by atoms with van der Waals surface area (Å²) in [6.45, 7) is 0.124. The highest BCUT2D eigenvalue weighted by Gasteiger charge is 2.02. The van der Waals surface area contributed by atoms with E-state index in [1.807, 2.05) is 12.1 Å². The smallest absolute Gasteiger partial charge is 0.226 e. The van der Waals surface area contributed by atoms with Crippen molar-refractivity contribution in [3.8, 4) is 11.6 Å². The third-order valence-electron chi connectivity index (χ3n) is 2.29. The highest BCUT2D eigenvalue weighted by molar-refractivity contribution is 5.40. The molecule has 5 N–H and O–H groups in total. The lowest BCUT2D eigenvalue weighted by atomic mass is 10.1. The summed E-state index contributed by atoms with van der Waals surface area (Å²) >= 11 is 0. The van der Waals surface area contributed by atoms with Gasteiger partial charge in [0, 0.05) is 12.7 Å². The fourth-order valence-electron chi connectivity index (χ4n) is 1.49. The molecule has 0 radical (unpaired) electrons. The Morgan fingerprint density at radius 3 is 2.44 bits per heavy atom. The average Bonchev–Trinajstić information content (AvgIpc) is 2.31. The topological polar surface area (TPSA) is 107 Å². The van der Waals surface area contributed by atoms with Crippen molar-refractivity contribution < 1.29 is 9.84 Å². The number of nitrogens with two attached hydrogens (primary N) is 2. The predicted octanol–water partition coefficient (Wildman–Crippen LogP) is 0.968. The lowest BCUT2D eigenvalue weighted by Crippen LogP contribution is -2.00. The van der Waals surface area contributed by atoms with Crippen LogP contribution in [0.15, 0.2) is 30.3 Å². The lowest BCUT2D eigenvalue weighted by molar-refractivity contribution is 0.299. The first kappa shape index (κ1) is 12.1. The second-order valence-electron chi connectivity index (χ2n) is 3.71. The molecule has 2 aromatic rings. The highest BCUT2D eigenvalue weighted by Crippen LogP contribution is 2.21. The fraction of sp³-hybridized carbons (Fsp3) is 0.167. The largest absolute Gasteiger partial charge is 0.439 e. The normalized spacial score (nSPS) is 10.3. The van der Waals surface area contributed by atoms with Crippen LogP contribution in [0.3, 0.4) is 0 Å². The van der Waals surface area contributed by atoms with Gasteiger partial charge in [0.2, 0.25) is 11.8 Å². The van der Waals surface area contributed by atoms with E-state index in [0.717, 1.165) is 5.56 Å². The van der Waals surface area contributed by atoms with E-state index < -0.39 is 0 Å². The van der Waals surface area contributed by atoms with Crippen LogP contribution in [0.25, 0.3) is 0 Å². The van der Waals surface area contributed by atoms with Gasteiger partial charge in [-0.25, -0.2) is 0 Å². The first-order chi connectivity index (χ1) is 8.67. The van der Waals surface area contributed by atoms with Gasteiger partial charge in [0.15, 0.2) is 0 Å². The molecule has 0 aliphatic rings. The van der Waals surface area contributed by atoms with Crippen molar-refractivity contribution >= 4 is 11.8 Å². The molecular weight excluding hydrogens is 232 g/mol. The van der Waals surface area contributed by atoms with Gasteiger partial charge in [-0.3, -0.25) is 0 Å². The number of hydrogen-bond acceptors (Lipinski definition) is 6. The summed E-state index contributed by atoms with van der Waals surface area (Å²) in [6, 6.07) is 8.83. The Morgan fingerprint density at radius 2 is 1.83 bits per heavy atom. The third kappa shape index (κ3) is 3.08. The Labute approximate surface area is 104 Å². The fourth-order valence-corrected chi connectivity index (χ4v) is 1.49. The number of hydrogen-bond donors (Lipinski definition) is 3. The van der Waals surface area contributed by atoms with Gasteiger partial charge in [0.1, 0.15) is 11.6 Å². The number of aliphatic hydroxyl groups is 1. The minimum atomic E-state index is 0.0712. The zero-order valence-electron chi connectivity index (χ0n) is 9.71. The van der Waals surface area contributed by atoms with Gasteiger partial charge in [0.05, 0.1) is 0 Å². The maximum absolute atomic E-state index is 8.81. The van der Waals surface area contributed by atoms with Gasteiger partial charge in [-0.05, 0) is 24.1 Å². The quantitative estimate of drug-likeness (QED) is 0.742. The SMILES string of the molecule is Nc1cc(Oc2ccc(CCO)cc2)nc(N)n1. The third-order valence-corrected chi connectivity index (χ3v) is 2.29. The van der Waals surface area contributed by atoms with E-state index in [1.165, 1.54) is 6.07 Å². The van der Waals surface area contributed by atoms with E-state index >= 15 is 0 Å². The van der Waals surface area contributed by atoms with Crippen LogP contribution in [-0.2, 0) is 6.42 Å². The molecular formula is C12H14N4O2. The second-order valence-corrected chi connectivity index (χ2v) is 3.71. The number of ether oxygens (including phenoxy) is 1. The van der Waals surface area contributed by atoms with Crippen molar-refractivity contribution in [1.29, 1.82) is 0 Å². The van der Waals surface area contributed by atoms with Gasteiger partial charge >= 0.3 is 0 Å². The zero-order valence-corrected chi connectivity index (χ0v) is 9.71. The van der Waals surface area contributed by atoms with Crippen LogP contribution in [0.1, 0.15) is 5.56 Å². The van der Waals surface area contributed by atoms with Crippen LogP contribution in [0.4, 0.5) is 11.8 Å².